The summed E-state index contributed by atoms with van der Waals surface area (Å²) in [6.07, 6.45) is -0.992. The fraction of sp³-hybridized carbons (Fsp3) is 0.250. The monoisotopic (exact) mass is 285 g/mol. The summed E-state index contributed by atoms with van der Waals surface area (Å²) < 4.78 is 36.9. The van der Waals surface area contributed by atoms with Crippen LogP contribution in [0.1, 0.15) is 11.1 Å². The minimum Gasteiger partial charge on any atom is -0.449 e. The number of benzene rings is 1. The van der Waals surface area contributed by atoms with Crippen LogP contribution in [0.3, 0.4) is 0 Å². The number of nitrogens with zero attached hydrogens (tertiary/aromatic N) is 3. The van der Waals surface area contributed by atoms with E-state index < -0.39 is 13.3 Å². The SMILES string of the molecule is Cc1c(C[B-](F)(F)F)cc(S)cc1N=[N+]=[N-].[K+]. The maximum absolute atomic E-state index is 12.3. The fourth-order valence-corrected chi connectivity index (χ4v) is 1.63. The molecule has 0 heterocycles. The molecule has 0 atom stereocenters. The van der Waals surface area contributed by atoms with Gasteiger partial charge in [0.05, 0.1) is 0 Å². The Bertz CT molecular complexity index is 460. The van der Waals surface area contributed by atoms with Gasteiger partial charge in [-0.2, -0.15) is 0 Å². The maximum atomic E-state index is 12.3. The molecule has 0 amide bonds. The second-order valence-electron chi connectivity index (χ2n) is 3.35. The standard InChI is InChI=1S/C8H8BF3N3S.K/c1-5-6(4-9(10,11)12)2-7(16)3-8(5)14-15-13;/h2-3,16H,4H2,1H3;/q-1;+1. The zero-order chi connectivity index (χ0) is 12.3. The van der Waals surface area contributed by atoms with E-state index in [1.807, 2.05) is 0 Å². The van der Waals surface area contributed by atoms with Crippen LogP contribution in [-0.4, -0.2) is 6.98 Å². The van der Waals surface area contributed by atoms with Gasteiger partial charge in [-0.3, -0.25) is 0 Å². The van der Waals surface area contributed by atoms with Crippen molar-refractivity contribution < 1.29 is 64.3 Å². The van der Waals surface area contributed by atoms with Crippen LogP contribution in [0.2, 0.25) is 0 Å². The van der Waals surface area contributed by atoms with Gasteiger partial charge in [-0.25, -0.2) is 0 Å². The van der Waals surface area contributed by atoms with Crippen molar-refractivity contribution in [1.82, 2.24) is 0 Å². The van der Waals surface area contributed by atoms with Gasteiger partial charge in [0, 0.05) is 15.5 Å². The first-order valence-electron chi connectivity index (χ1n) is 4.42. The molecule has 0 aliphatic rings. The Balaban J connectivity index is 0.00000256. The third kappa shape index (κ3) is 5.69. The zero-order valence-corrected chi connectivity index (χ0v) is 13.4. The van der Waals surface area contributed by atoms with Crippen LogP contribution in [0.15, 0.2) is 22.1 Å². The molecule has 3 nitrogen and oxygen atoms in total. The van der Waals surface area contributed by atoms with Gasteiger partial charge < -0.3 is 12.9 Å². The predicted molar refractivity (Wildman–Crippen MR) is 60.0 cm³/mol. The molecule has 1 aromatic carbocycles. The molecule has 17 heavy (non-hydrogen) atoms. The van der Waals surface area contributed by atoms with E-state index in [0.717, 1.165) is 0 Å². The number of hydrogen-bond donors (Lipinski definition) is 1. The van der Waals surface area contributed by atoms with Gasteiger partial charge in [-0.15, -0.1) is 12.6 Å². The van der Waals surface area contributed by atoms with Crippen LogP contribution in [0.4, 0.5) is 18.6 Å². The van der Waals surface area contributed by atoms with E-state index in [1.54, 1.807) is 0 Å². The molecule has 1 rings (SSSR count). The molecule has 0 aliphatic carbocycles. The van der Waals surface area contributed by atoms with Gasteiger partial charge in [0.2, 0.25) is 0 Å². The van der Waals surface area contributed by atoms with E-state index in [0.29, 0.717) is 10.5 Å². The van der Waals surface area contributed by atoms with E-state index in [-0.39, 0.29) is 62.6 Å². The average Bonchev–Trinajstić information content (AvgIpc) is 2.11. The number of halogens is 3. The van der Waals surface area contributed by atoms with Gasteiger partial charge >= 0.3 is 58.4 Å². The van der Waals surface area contributed by atoms with E-state index in [9.17, 15) is 12.9 Å². The Hall–Kier alpha value is 0.371. The minimum atomic E-state index is -4.91. The Morgan fingerprint density at radius 3 is 2.47 bits per heavy atom. The molecule has 0 fully saturated rings. The summed E-state index contributed by atoms with van der Waals surface area (Å²) in [5.41, 5.74) is 8.90. The van der Waals surface area contributed by atoms with Crippen molar-refractivity contribution in [2.45, 2.75) is 18.1 Å². The molecule has 0 bridgehead atoms. The van der Waals surface area contributed by atoms with Gasteiger partial charge in [-0.05, 0) is 30.2 Å². The maximum Gasteiger partial charge on any atom is 1.00 e. The van der Waals surface area contributed by atoms with E-state index in [2.05, 4.69) is 22.7 Å². The Morgan fingerprint density at radius 2 is 2.00 bits per heavy atom. The van der Waals surface area contributed by atoms with Gasteiger partial charge in [-0.1, -0.05) is 17.0 Å². The summed E-state index contributed by atoms with van der Waals surface area (Å²) in [6, 6.07) is 2.77. The van der Waals surface area contributed by atoms with E-state index in [1.165, 1.54) is 19.1 Å². The first-order chi connectivity index (χ1) is 7.33. The third-order valence-corrected chi connectivity index (χ3v) is 2.33. The molecule has 0 N–H and O–H groups in total. The van der Waals surface area contributed by atoms with Crippen molar-refractivity contribution in [2.75, 3.05) is 0 Å². The largest absolute Gasteiger partial charge is 1.00 e. The zero-order valence-electron chi connectivity index (χ0n) is 9.36. The quantitative estimate of drug-likeness (QED) is 0.285. The van der Waals surface area contributed by atoms with Crippen molar-refractivity contribution >= 4 is 25.3 Å². The van der Waals surface area contributed by atoms with E-state index >= 15 is 0 Å². The molecule has 0 unspecified atom stereocenters. The minimum absolute atomic E-state index is 0. The number of hydrogen-bond acceptors (Lipinski definition) is 2. The Kier molecular flexibility index (Phi) is 7.24. The molecule has 1 aromatic rings. The van der Waals surface area contributed by atoms with Crippen LogP contribution in [0.5, 0.6) is 0 Å². The molecule has 0 aromatic heterocycles. The molecule has 0 radical (unpaired) electrons. The van der Waals surface area contributed by atoms with Gasteiger partial charge in [0.1, 0.15) is 0 Å². The molecular weight excluding hydrogens is 277 g/mol. The van der Waals surface area contributed by atoms with Crippen molar-refractivity contribution in [1.29, 1.82) is 0 Å². The molecule has 86 valence electrons. The summed E-state index contributed by atoms with van der Waals surface area (Å²) >= 11 is 3.97. The Morgan fingerprint density at radius 1 is 1.41 bits per heavy atom. The summed E-state index contributed by atoms with van der Waals surface area (Å²) in [7, 11) is 0. The van der Waals surface area contributed by atoms with Crippen molar-refractivity contribution in [2.24, 2.45) is 5.11 Å². The number of azide groups is 1. The van der Waals surface area contributed by atoms with Crippen LogP contribution in [0, 0.1) is 6.92 Å². The molecular formula is C8H8BF3KN3S. The molecule has 0 aliphatic heterocycles. The topological polar surface area (TPSA) is 48.8 Å². The Labute approximate surface area is 145 Å². The molecule has 0 saturated heterocycles. The second-order valence-corrected chi connectivity index (χ2v) is 3.87. The van der Waals surface area contributed by atoms with Gasteiger partial charge in [0.15, 0.2) is 0 Å². The predicted octanol–water partition coefficient (Wildman–Crippen LogP) is 1.16. The van der Waals surface area contributed by atoms with Crippen molar-refractivity contribution in [3.8, 4) is 0 Å². The average molecular weight is 285 g/mol. The van der Waals surface area contributed by atoms with Crippen molar-refractivity contribution in [3.05, 3.63) is 33.7 Å². The number of thiol groups is 1. The third-order valence-electron chi connectivity index (χ3n) is 2.08. The first kappa shape index (κ1) is 17.4. The van der Waals surface area contributed by atoms with Crippen LogP contribution in [-0.2, 0) is 6.32 Å². The smallest absolute Gasteiger partial charge is 0.449 e. The van der Waals surface area contributed by atoms with Crippen LogP contribution in [0.25, 0.3) is 10.4 Å². The summed E-state index contributed by atoms with van der Waals surface area (Å²) in [5, 5.41) is 3.33. The normalized spacial score (nSPS) is 10.4. The molecule has 9 heteroatoms. The first-order valence-corrected chi connectivity index (χ1v) is 4.87. The van der Waals surface area contributed by atoms with Crippen LogP contribution < -0.4 is 51.4 Å². The molecule has 0 saturated carbocycles. The van der Waals surface area contributed by atoms with Crippen molar-refractivity contribution in [3.63, 3.8) is 0 Å². The fourth-order valence-electron chi connectivity index (χ4n) is 1.35. The van der Waals surface area contributed by atoms with Crippen LogP contribution >= 0.6 is 12.6 Å². The van der Waals surface area contributed by atoms with Gasteiger partial charge in [0.25, 0.3) is 0 Å². The summed E-state index contributed by atoms with van der Waals surface area (Å²) in [6.45, 7) is -3.42. The summed E-state index contributed by atoms with van der Waals surface area (Å²) in [4.78, 5) is 2.91. The van der Waals surface area contributed by atoms with E-state index in [4.69, 9.17) is 5.53 Å². The number of rotatable bonds is 3. The molecule has 0 spiro atoms. The summed E-state index contributed by atoms with van der Waals surface area (Å²) in [5.74, 6) is 0. The second kappa shape index (κ2) is 7.08.